The minimum Gasteiger partial charge on any atom is -0.394 e. The van der Waals surface area contributed by atoms with Gasteiger partial charge in [0.1, 0.15) is 0 Å². The van der Waals surface area contributed by atoms with Crippen molar-refractivity contribution in [2.75, 3.05) is 19.7 Å². The third kappa shape index (κ3) is 3.57. The molecule has 2 fully saturated rings. The van der Waals surface area contributed by atoms with E-state index in [1.54, 1.807) is 0 Å². The number of rotatable bonds is 4. The second-order valence-electron chi connectivity index (χ2n) is 7.35. The molecule has 1 atom stereocenters. The lowest BCUT2D eigenvalue weighted by Crippen LogP contribution is -2.62. The molecule has 1 unspecified atom stereocenters. The first-order chi connectivity index (χ1) is 11.5. The number of aliphatic hydroxyl groups excluding tert-OH is 1. The maximum atomic E-state index is 12.6. The highest BCUT2D eigenvalue weighted by Gasteiger charge is 2.46. The van der Waals surface area contributed by atoms with E-state index in [-0.39, 0.29) is 24.3 Å². The second kappa shape index (κ2) is 7.11. The maximum Gasteiger partial charge on any atom is 0.317 e. The SMILES string of the molecule is CC(C)c1ccccc1CNC(=O)N1CC(CO)OC2(CCC2)C1. The molecule has 2 N–H and O–H groups in total. The summed E-state index contributed by atoms with van der Waals surface area (Å²) in [6, 6.07) is 8.16. The van der Waals surface area contributed by atoms with Crippen molar-refractivity contribution >= 4 is 6.03 Å². The van der Waals surface area contributed by atoms with E-state index in [4.69, 9.17) is 4.74 Å². The first kappa shape index (κ1) is 17.2. The molecule has 5 heteroatoms. The number of nitrogens with zero attached hydrogens (tertiary/aromatic N) is 1. The van der Waals surface area contributed by atoms with E-state index >= 15 is 0 Å². The summed E-state index contributed by atoms with van der Waals surface area (Å²) in [4.78, 5) is 14.4. The summed E-state index contributed by atoms with van der Waals surface area (Å²) in [5.74, 6) is 0.429. The third-order valence-corrected chi connectivity index (χ3v) is 5.18. The lowest BCUT2D eigenvalue weighted by atomic mass is 9.78. The van der Waals surface area contributed by atoms with Crippen LogP contribution in [0.3, 0.4) is 0 Å². The van der Waals surface area contributed by atoms with Gasteiger partial charge in [0.25, 0.3) is 0 Å². The van der Waals surface area contributed by atoms with Gasteiger partial charge in [-0.1, -0.05) is 38.1 Å². The molecule has 24 heavy (non-hydrogen) atoms. The Bertz CT molecular complexity index is 584. The molecule has 2 aliphatic rings. The second-order valence-corrected chi connectivity index (χ2v) is 7.35. The van der Waals surface area contributed by atoms with Crippen molar-refractivity contribution in [3.05, 3.63) is 35.4 Å². The zero-order chi connectivity index (χ0) is 17.2. The molecule has 2 amide bonds. The zero-order valence-corrected chi connectivity index (χ0v) is 14.6. The van der Waals surface area contributed by atoms with Crippen molar-refractivity contribution in [1.82, 2.24) is 10.2 Å². The topological polar surface area (TPSA) is 61.8 Å². The lowest BCUT2D eigenvalue weighted by Gasteiger charge is -2.50. The minimum absolute atomic E-state index is 0.0400. The molecular formula is C19H28N2O3. The normalized spacial score (nSPS) is 22.5. The first-order valence-electron chi connectivity index (χ1n) is 8.92. The van der Waals surface area contributed by atoms with E-state index in [1.807, 2.05) is 17.0 Å². The van der Waals surface area contributed by atoms with Crippen LogP contribution < -0.4 is 5.32 Å². The number of ether oxygens (including phenoxy) is 1. The van der Waals surface area contributed by atoms with Crippen molar-refractivity contribution in [3.63, 3.8) is 0 Å². The van der Waals surface area contributed by atoms with Crippen molar-refractivity contribution < 1.29 is 14.6 Å². The molecule has 1 saturated carbocycles. The number of nitrogens with one attached hydrogen (secondary N) is 1. The molecular weight excluding hydrogens is 304 g/mol. The average Bonchev–Trinajstić information content (AvgIpc) is 2.57. The van der Waals surface area contributed by atoms with Crippen LogP contribution in [-0.4, -0.2) is 47.4 Å². The Morgan fingerprint density at radius 2 is 2.17 bits per heavy atom. The minimum atomic E-state index is -0.271. The molecule has 1 aromatic rings. The largest absolute Gasteiger partial charge is 0.394 e. The Hall–Kier alpha value is -1.59. The first-order valence-corrected chi connectivity index (χ1v) is 8.92. The fraction of sp³-hybridized carbons (Fsp3) is 0.632. The Morgan fingerprint density at radius 1 is 1.42 bits per heavy atom. The quantitative estimate of drug-likeness (QED) is 0.891. The Morgan fingerprint density at radius 3 is 2.79 bits per heavy atom. The Balaban J connectivity index is 1.62. The van der Waals surface area contributed by atoms with E-state index in [1.165, 1.54) is 5.56 Å². The molecule has 0 radical (unpaired) electrons. The highest BCUT2D eigenvalue weighted by atomic mass is 16.5. The summed E-state index contributed by atoms with van der Waals surface area (Å²) in [7, 11) is 0. The smallest absolute Gasteiger partial charge is 0.317 e. The number of hydrogen-bond donors (Lipinski definition) is 2. The van der Waals surface area contributed by atoms with E-state index in [2.05, 4.69) is 31.3 Å². The van der Waals surface area contributed by atoms with E-state index in [0.29, 0.717) is 25.6 Å². The fourth-order valence-electron chi connectivity index (χ4n) is 3.72. The van der Waals surface area contributed by atoms with Crippen LogP contribution in [-0.2, 0) is 11.3 Å². The van der Waals surface area contributed by atoms with Crippen LogP contribution in [0.4, 0.5) is 4.79 Å². The highest BCUT2D eigenvalue weighted by Crippen LogP contribution is 2.39. The monoisotopic (exact) mass is 332 g/mol. The summed E-state index contributed by atoms with van der Waals surface area (Å²) >= 11 is 0. The number of aliphatic hydroxyl groups is 1. The van der Waals surface area contributed by atoms with Crippen LogP contribution in [0, 0.1) is 0 Å². The third-order valence-electron chi connectivity index (χ3n) is 5.18. The van der Waals surface area contributed by atoms with Gasteiger partial charge in [-0.3, -0.25) is 0 Å². The van der Waals surface area contributed by atoms with Gasteiger partial charge in [0.2, 0.25) is 0 Å². The van der Waals surface area contributed by atoms with Gasteiger partial charge in [-0.2, -0.15) is 0 Å². The predicted molar refractivity (Wildman–Crippen MR) is 92.9 cm³/mol. The number of amides is 2. The molecule has 1 aliphatic heterocycles. The molecule has 1 aromatic carbocycles. The summed E-state index contributed by atoms with van der Waals surface area (Å²) in [5.41, 5.74) is 2.20. The summed E-state index contributed by atoms with van der Waals surface area (Å²) in [5, 5.41) is 12.5. The van der Waals surface area contributed by atoms with Crippen LogP contribution in [0.5, 0.6) is 0 Å². The van der Waals surface area contributed by atoms with E-state index in [9.17, 15) is 9.90 Å². The van der Waals surface area contributed by atoms with Crippen LogP contribution >= 0.6 is 0 Å². The fourth-order valence-corrected chi connectivity index (χ4v) is 3.72. The van der Waals surface area contributed by atoms with Gasteiger partial charge < -0.3 is 20.1 Å². The van der Waals surface area contributed by atoms with Crippen LogP contribution in [0.25, 0.3) is 0 Å². The molecule has 1 spiro atoms. The molecule has 0 aromatic heterocycles. The molecule has 5 nitrogen and oxygen atoms in total. The van der Waals surface area contributed by atoms with Gasteiger partial charge in [-0.05, 0) is 36.3 Å². The molecule has 0 bridgehead atoms. The summed E-state index contributed by atoms with van der Waals surface area (Å²) < 4.78 is 5.98. The van der Waals surface area contributed by atoms with Crippen LogP contribution in [0.2, 0.25) is 0 Å². The predicted octanol–water partition coefficient (Wildman–Crippen LogP) is 2.64. The number of carbonyl (C=O) groups excluding carboxylic acids is 1. The molecule has 1 heterocycles. The number of urea groups is 1. The summed E-state index contributed by atoms with van der Waals surface area (Å²) in [6.07, 6.45) is 2.82. The van der Waals surface area contributed by atoms with Crippen LogP contribution in [0.1, 0.15) is 50.2 Å². The van der Waals surface area contributed by atoms with Gasteiger partial charge in [0.05, 0.1) is 31.4 Å². The van der Waals surface area contributed by atoms with E-state index < -0.39 is 0 Å². The van der Waals surface area contributed by atoms with Crippen molar-refractivity contribution in [2.24, 2.45) is 0 Å². The molecule has 1 saturated heterocycles. The molecule has 3 rings (SSSR count). The van der Waals surface area contributed by atoms with Crippen molar-refractivity contribution in [1.29, 1.82) is 0 Å². The number of morpholine rings is 1. The van der Waals surface area contributed by atoms with Gasteiger partial charge >= 0.3 is 6.03 Å². The van der Waals surface area contributed by atoms with Gasteiger partial charge in [0.15, 0.2) is 0 Å². The van der Waals surface area contributed by atoms with Gasteiger partial charge in [-0.25, -0.2) is 4.79 Å². The van der Waals surface area contributed by atoms with Gasteiger partial charge in [0, 0.05) is 6.54 Å². The average molecular weight is 332 g/mol. The lowest BCUT2D eigenvalue weighted by molar-refractivity contribution is -0.190. The van der Waals surface area contributed by atoms with Gasteiger partial charge in [-0.15, -0.1) is 0 Å². The van der Waals surface area contributed by atoms with Crippen LogP contribution in [0.15, 0.2) is 24.3 Å². The molecule has 132 valence electrons. The Labute approximate surface area is 144 Å². The number of carbonyl (C=O) groups is 1. The number of hydrogen-bond acceptors (Lipinski definition) is 3. The number of benzene rings is 1. The maximum absolute atomic E-state index is 12.6. The molecule has 1 aliphatic carbocycles. The highest BCUT2D eigenvalue weighted by molar-refractivity contribution is 5.74. The Kier molecular flexibility index (Phi) is 5.11. The summed E-state index contributed by atoms with van der Waals surface area (Å²) in [6.45, 7) is 5.89. The standard InChI is InChI=1S/C19H28N2O3/c1-14(2)17-7-4-3-6-15(17)10-20-18(23)21-11-16(12-22)24-19(13-21)8-5-9-19/h3-4,6-7,14,16,22H,5,8-13H2,1-2H3,(H,20,23). The zero-order valence-electron chi connectivity index (χ0n) is 14.6. The van der Waals surface area contributed by atoms with Crippen molar-refractivity contribution in [3.8, 4) is 0 Å². The van der Waals surface area contributed by atoms with Crippen molar-refractivity contribution in [2.45, 2.75) is 57.3 Å². The van der Waals surface area contributed by atoms with E-state index in [0.717, 1.165) is 24.8 Å².